The molecule has 1 unspecified atom stereocenters. The molecule has 17 heavy (non-hydrogen) atoms. The summed E-state index contributed by atoms with van der Waals surface area (Å²) in [5.74, 6) is 1.35. The molecule has 3 rings (SSSR count). The normalized spacial score (nSPS) is 17.8. The molecule has 2 nitrogen and oxygen atoms in total. The molecule has 0 amide bonds. The summed E-state index contributed by atoms with van der Waals surface area (Å²) in [6.45, 7) is 2.92. The van der Waals surface area contributed by atoms with E-state index in [1.54, 1.807) is 11.3 Å². The lowest BCUT2D eigenvalue weighted by atomic mass is 10.0. The van der Waals surface area contributed by atoms with Crippen LogP contribution in [0.15, 0.2) is 29.6 Å². The van der Waals surface area contributed by atoms with Gasteiger partial charge in [-0.05, 0) is 12.5 Å². The third-order valence-corrected chi connectivity index (χ3v) is 4.08. The van der Waals surface area contributed by atoms with Crippen LogP contribution in [-0.2, 0) is 6.42 Å². The van der Waals surface area contributed by atoms with E-state index in [0.29, 0.717) is 5.92 Å². The number of fused-ring (bicyclic) bond motifs is 1. The number of aryl methyl sites for hydroxylation is 1. The van der Waals surface area contributed by atoms with E-state index in [1.165, 1.54) is 16.3 Å². The minimum atomic E-state index is 0.335. The quantitative estimate of drug-likeness (QED) is 0.824. The van der Waals surface area contributed by atoms with Gasteiger partial charge in [0.2, 0.25) is 0 Å². The Morgan fingerprint density at radius 3 is 3.18 bits per heavy atom. The summed E-state index contributed by atoms with van der Waals surface area (Å²) in [6, 6.07) is 8.27. The topological polar surface area (TPSA) is 22.1 Å². The van der Waals surface area contributed by atoms with E-state index < -0.39 is 0 Å². The molecular formula is C14H15NOS. The van der Waals surface area contributed by atoms with Gasteiger partial charge < -0.3 is 4.74 Å². The molecule has 0 fully saturated rings. The summed E-state index contributed by atoms with van der Waals surface area (Å²) in [5, 5.41) is 3.37. The fourth-order valence-corrected chi connectivity index (χ4v) is 3.18. The van der Waals surface area contributed by atoms with Gasteiger partial charge in [-0.1, -0.05) is 31.5 Å². The van der Waals surface area contributed by atoms with Gasteiger partial charge in [-0.3, -0.25) is 0 Å². The second kappa shape index (κ2) is 4.49. The van der Waals surface area contributed by atoms with Crippen molar-refractivity contribution in [2.45, 2.75) is 25.7 Å². The number of ether oxygens (including phenoxy) is 1. The molecule has 3 heteroatoms. The highest BCUT2D eigenvalue weighted by Crippen LogP contribution is 2.38. The largest absolute Gasteiger partial charge is 0.492 e. The first-order chi connectivity index (χ1) is 8.38. The van der Waals surface area contributed by atoms with Gasteiger partial charge in [0.15, 0.2) is 0 Å². The first kappa shape index (κ1) is 10.8. The van der Waals surface area contributed by atoms with Crippen molar-refractivity contribution in [2.75, 3.05) is 6.61 Å². The van der Waals surface area contributed by atoms with E-state index in [9.17, 15) is 0 Å². The lowest BCUT2D eigenvalue weighted by molar-refractivity contribution is 0.343. The van der Waals surface area contributed by atoms with Gasteiger partial charge in [-0.15, -0.1) is 11.3 Å². The maximum Gasteiger partial charge on any atom is 0.123 e. The number of aromatic nitrogens is 1. The Hall–Kier alpha value is -1.35. The van der Waals surface area contributed by atoms with Crippen molar-refractivity contribution in [1.29, 1.82) is 0 Å². The number of thiazole rings is 1. The molecule has 1 atom stereocenters. The highest BCUT2D eigenvalue weighted by Gasteiger charge is 2.27. The summed E-state index contributed by atoms with van der Waals surface area (Å²) in [5.41, 5.74) is 2.50. The molecule has 1 aliphatic rings. The van der Waals surface area contributed by atoms with Crippen LogP contribution < -0.4 is 4.74 Å². The van der Waals surface area contributed by atoms with Gasteiger partial charge in [-0.25, -0.2) is 4.98 Å². The monoisotopic (exact) mass is 245 g/mol. The van der Waals surface area contributed by atoms with Gasteiger partial charge in [0, 0.05) is 10.9 Å². The minimum Gasteiger partial charge on any atom is -0.492 e. The van der Waals surface area contributed by atoms with E-state index in [2.05, 4.69) is 24.4 Å². The first-order valence-corrected chi connectivity index (χ1v) is 6.92. The molecule has 1 aliphatic heterocycles. The third-order valence-electron chi connectivity index (χ3n) is 3.07. The number of hydrogen-bond acceptors (Lipinski definition) is 3. The molecule has 2 heterocycles. The van der Waals surface area contributed by atoms with Crippen LogP contribution in [0.5, 0.6) is 5.75 Å². The van der Waals surface area contributed by atoms with Crippen molar-refractivity contribution in [1.82, 2.24) is 4.98 Å². The van der Waals surface area contributed by atoms with Crippen LogP contribution in [0.3, 0.4) is 0 Å². The van der Waals surface area contributed by atoms with Crippen LogP contribution in [0, 0.1) is 0 Å². The molecule has 88 valence electrons. The zero-order valence-electron chi connectivity index (χ0n) is 9.85. The Kier molecular flexibility index (Phi) is 2.85. The summed E-state index contributed by atoms with van der Waals surface area (Å²) in [6.07, 6.45) is 2.23. The maximum absolute atomic E-state index is 5.70. The number of benzene rings is 1. The van der Waals surface area contributed by atoms with Crippen LogP contribution in [0.1, 0.15) is 35.5 Å². The van der Waals surface area contributed by atoms with Gasteiger partial charge in [0.1, 0.15) is 17.4 Å². The van der Waals surface area contributed by atoms with E-state index >= 15 is 0 Å². The van der Waals surface area contributed by atoms with Crippen molar-refractivity contribution in [3.8, 4) is 5.75 Å². The average Bonchev–Trinajstić information content (AvgIpc) is 2.95. The Bertz CT molecular complexity index is 520. The zero-order chi connectivity index (χ0) is 11.7. The highest BCUT2D eigenvalue weighted by molar-refractivity contribution is 7.09. The van der Waals surface area contributed by atoms with Crippen molar-refractivity contribution >= 4 is 11.3 Å². The average molecular weight is 245 g/mol. The van der Waals surface area contributed by atoms with Crippen molar-refractivity contribution in [3.63, 3.8) is 0 Å². The molecule has 0 saturated heterocycles. The van der Waals surface area contributed by atoms with Crippen molar-refractivity contribution in [2.24, 2.45) is 0 Å². The summed E-state index contributed by atoms with van der Waals surface area (Å²) < 4.78 is 5.70. The first-order valence-electron chi connectivity index (χ1n) is 6.04. The Morgan fingerprint density at radius 2 is 2.29 bits per heavy atom. The molecular weight excluding hydrogens is 230 g/mol. The Labute approximate surface area is 105 Å². The molecule has 0 radical (unpaired) electrons. The molecule has 0 spiro atoms. The van der Waals surface area contributed by atoms with Gasteiger partial charge >= 0.3 is 0 Å². The summed E-state index contributed by atoms with van der Waals surface area (Å²) >= 11 is 1.76. The fraction of sp³-hybridized carbons (Fsp3) is 0.357. The third kappa shape index (κ3) is 1.95. The predicted molar refractivity (Wildman–Crippen MR) is 69.9 cm³/mol. The SMILES string of the molecule is CCCc1csc(C2COc3ccccc32)n1. The summed E-state index contributed by atoms with van der Waals surface area (Å²) in [7, 11) is 0. The zero-order valence-corrected chi connectivity index (χ0v) is 10.7. The molecule has 0 N–H and O–H groups in total. The van der Waals surface area contributed by atoms with E-state index in [4.69, 9.17) is 9.72 Å². The molecule has 0 aliphatic carbocycles. The lowest BCUT2D eigenvalue weighted by Crippen LogP contribution is -2.02. The fourth-order valence-electron chi connectivity index (χ4n) is 2.22. The van der Waals surface area contributed by atoms with E-state index in [1.807, 2.05) is 12.1 Å². The van der Waals surface area contributed by atoms with Gasteiger partial charge in [0.05, 0.1) is 11.6 Å². The second-order valence-electron chi connectivity index (χ2n) is 4.33. The number of nitrogens with zero attached hydrogens (tertiary/aromatic N) is 1. The number of para-hydroxylation sites is 1. The number of hydrogen-bond donors (Lipinski definition) is 0. The second-order valence-corrected chi connectivity index (χ2v) is 5.22. The smallest absolute Gasteiger partial charge is 0.123 e. The molecule has 1 aromatic heterocycles. The summed E-state index contributed by atoms with van der Waals surface area (Å²) in [4.78, 5) is 4.72. The van der Waals surface area contributed by atoms with Crippen LogP contribution >= 0.6 is 11.3 Å². The van der Waals surface area contributed by atoms with Gasteiger partial charge in [0.25, 0.3) is 0 Å². The Morgan fingerprint density at radius 1 is 1.41 bits per heavy atom. The van der Waals surface area contributed by atoms with E-state index in [-0.39, 0.29) is 0 Å². The van der Waals surface area contributed by atoms with Crippen molar-refractivity contribution in [3.05, 3.63) is 45.9 Å². The highest BCUT2D eigenvalue weighted by atomic mass is 32.1. The van der Waals surface area contributed by atoms with Crippen LogP contribution in [0.4, 0.5) is 0 Å². The van der Waals surface area contributed by atoms with Crippen molar-refractivity contribution < 1.29 is 4.74 Å². The van der Waals surface area contributed by atoms with Crippen LogP contribution in [-0.4, -0.2) is 11.6 Å². The molecule has 0 saturated carbocycles. The van der Waals surface area contributed by atoms with E-state index in [0.717, 1.165) is 25.2 Å². The molecule has 0 bridgehead atoms. The molecule has 1 aromatic carbocycles. The van der Waals surface area contributed by atoms with Crippen LogP contribution in [0.2, 0.25) is 0 Å². The molecule has 2 aromatic rings. The minimum absolute atomic E-state index is 0.335. The van der Waals surface area contributed by atoms with Crippen LogP contribution in [0.25, 0.3) is 0 Å². The van der Waals surface area contributed by atoms with Gasteiger partial charge in [-0.2, -0.15) is 0 Å². The maximum atomic E-state index is 5.70. The Balaban J connectivity index is 1.90. The number of rotatable bonds is 3. The lowest BCUT2D eigenvalue weighted by Gasteiger charge is -2.03. The standard InChI is InChI=1S/C14H15NOS/c1-2-5-10-9-17-14(15-10)12-8-16-13-7-4-3-6-11(12)13/h3-4,6-7,9,12H,2,5,8H2,1H3. The predicted octanol–water partition coefficient (Wildman–Crippen LogP) is 3.62.